The van der Waals surface area contributed by atoms with Gasteiger partial charge < -0.3 is 4.90 Å². The maximum atomic E-state index is 2.54. The zero-order chi connectivity index (χ0) is 18.3. The second-order valence-corrected chi connectivity index (χ2v) is 13.1. The molecule has 5 rings (SSSR count). The average molecular weight is 356 g/mol. The molecule has 2 heteroatoms. The molecule has 0 radical (unpaired) electrons. The molecule has 26 heavy (non-hydrogen) atoms. The van der Waals surface area contributed by atoms with Gasteiger partial charge in [-0.2, -0.15) is 0 Å². The number of nitrogens with zero attached hydrogens (tertiary/aromatic N) is 1. The first-order valence-electron chi connectivity index (χ1n) is 9.45. The van der Waals surface area contributed by atoms with E-state index in [-0.39, 0.29) is 5.41 Å². The molecule has 1 aliphatic heterocycles. The number of benzene rings is 3. The van der Waals surface area contributed by atoms with Crippen molar-refractivity contribution in [2.45, 2.75) is 32.4 Å². The van der Waals surface area contributed by atoms with Crippen molar-refractivity contribution in [1.29, 1.82) is 0 Å². The molecule has 0 fully saturated rings. The summed E-state index contributed by atoms with van der Waals surface area (Å²) in [5.74, 6) is 0. The van der Waals surface area contributed by atoms with Crippen LogP contribution in [0.4, 0.5) is 11.4 Å². The van der Waals surface area contributed by atoms with E-state index in [4.69, 9.17) is 0 Å². The summed E-state index contributed by atoms with van der Waals surface area (Å²) in [6, 6.07) is 22.9. The number of anilines is 2. The van der Waals surface area contributed by atoms with Crippen molar-refractivity contribution in [2.75, 3.05) is 11.9 Å². The molecule has 0 bridgehead atoms. The Labute approximate surface area is 157 Å². The molecule has 0 unspecified atom stereocenters. The van der Waals surface area contributed by atoms with Gasteiger partial charge in [-0.3, -0.25) is 0 Å². The molecule has 0 amide bonds. The highest BCUT2D eigenvalue weighted by Gasteiger charge is 2.41. The third kappa shape index (κ3) is 1.80. The minimum Gasteiger partial charge on any atom is -0.345 e. The van der Waals surface area contributed by atoms with Crippen molar-refractivity contribution < 1.29 is 0 Å². The normalized spacial score (nSPS) is 18.0. The van der Waals surface area contributed by atoms with Gasteiger partial charge in [-0.05, 0) is 44.8 Å². The van der Waals surface area contributed by atoms with Crippen molar-refractivity contribution in [3.63, 3.8) is 0 Å². The summed E-state index contributed by atoms with van der Waals surface area (Å²) >= 11 is 0. The highest BCUT2D eigenvalue weighted by molar-refractivity contribution is 7.02. The maximum Gasteiger partial charge on any atom is 0.117 e. The van der Waals surface area contributed by atoms with E-state index in [9.17, 15) is 0 Å². The molecular weight excluding hydrogens is 330 g/mol. The fourth-order valence-corrected chi connectivity index (χ4v) is 8.16. The van der Waals surface area contributed by atoms with Gasteiger partial charge in [0, 0.05) is 23.8 Å². The lowest BCUT2D eigenvalue weighted by molar-refractivity contribution is 0.661. The van der Waals surface area contributed by atoms with E-state index in [1.807, 2.05) is 0 Å². The molecular formula is C24H25NSi. The topological polar surface area (TPSA) is 3.24 Å². The van der Waals surface area contributed by atoms with Gasteiger partial charge in [0.15, 0.2) is 0 Å². The largest absolute Gasteiger partial charge is 0.345 e. The molecule has 1 aliphatic carbocycles. The highest BCUT2D eigenvalue weighted by Crippen LogP contribution is 2.50. The fourth-order valence-electron chi connectivity index (χ4n) is 5.08. The van der Waals surface area contributed by atoms with Crippen molar-refractivity contribution in [3.05, 3.63) is 71.8 Å². The Hall–Kier alpha value is -2.32. The first-order chi connectivity index (χ1) is 12.3. The Morgan fingerprint density at radius 1 is 0.731 bits per heavy atom. The Morgan fingerprint density at radius 2 is 1.42 bits per heavy atom. The van der Waals surface area contributed by atoms with Gasteiger partial charge in [-0.15, -0.1) is 0 Å². The standard InChI is InChI=1S/C24H25NSi/c1-24(2)18-11-7-6-10-16(18)17-14-21-23(15-19(17)24)26(4,5)22-13-9-8-12-20(22)25(21)3/h6-15H,1-5H3. The first kappa shape index (κ1) is 15.9. The third-order valence-corrected chi connectivity index (χ3v) is 10.2. The van der Waals surface area contributed by atoms with Gasteiger partial charge >= 0.3 is 0 Å². The van der Waals surface area contributed by atoms with Crippen LogP contribution < -0.4 is 15.3 Å². The third-order valence-electron chi connectivity index (χ3n) is 6.67. The quantitative estimate of drug-likeness (QED) is 0.519. The summed E-state index contributed by atoms with van der Waals surface area (Å²) in [6.07, 6.45) is 0. The Bertz CT molecular complexity index is 1060. The molecule has 0 spiro atoms. The summed E-state index contributed by atoms with van der Waals surface area (Å²) in [6.45, 7) is 9.75. The van der Waals surface area contributed by atoms with Crippen molar-refractivity contribution in [1.82, 2.24) is 0 Å². The van der Waals surface area contributed by atoms with E-state index < -0.39 is 8.07 Å². The molecule has 0 aromatic heterocycles. The summed E-state index contributed by atoms with van der Waals surface area (Å²) < 4.78 is 0. The number of para-hydroxylation sites is 1. The Balaban J connectivity index is 1.84. The lowest BCUT2D eigenvalue weighted by atomic mass is 9.82. The van der Waals surface area contributed by atoms with Crippen LogP contribution in [0, 0.1) is 0 Å². The molecule has 3 aromatic rings. The lowest BCUT2D eigenvalue weighted by Crippen LogP contribution is -2.58. The fraction of sp³-hybridized carbons (Fsp3) is 0.250. The monoisotopic (exact) mass is 355 g/mol. The molecule has 0 N–H and O–H groups in total. The van der Waals surface area contributed by atoms with Gasteiger partial charge in [0.05, 0.1) is 0 Å². The summed E-state index contributed by atoms with van der Waals surface area (Å²) in [4.78, 5) is 2.40. The van der Waals surface area contributed by atoms with Crippen LogP contribution in [0.15, 0.2) is 60.7 Å². The van der Waals surface area contributed by atoms with Crippen LogP contribution in [0.5, 0.6) is 0 Å². The van der Waals surface area contributed by atoms with E-state index in [2.05, 4.69) is 99.6 Å². The Kier molecular flexibility index (Phi) is 2.99. The molecule has 1 nitrogen and oxygen atoms in total. The molecule has 0 atom stereocenters. The molecule has 3 aromatic carbocycles. The molecule has 2 aliphatic rings. The maximum absolute atomic E-state index is 2.54. The minimum atomic E-state index is -1.72. The molecule has 0 saturated carbocycles. The van der Waals surface area contributed by atoms with Crippen LogP contribution in [-0.4, -0.2) is 15.1 Å². The second kappa shape index (κ2) is 4.89. The summed E-state index contributed by atoms with van der Waals surface area (Å²) in [7, 11) is 0.498. The van der Waals surface area contributed by atoms with Gasteiger partial charge in [-0.25, -0.2) is 0 Å². The van der Waals surface area contributed by atoms with Gasteiger partial charge in [0.2, 0.25) is 0 Å². The molecule has 1 heterocycles. The lowest BCUT2D eigenvalue weighted by Gasteiger charge is -2.40. The molecule has 130 valence electrons. The van der Waals surface area contributed by atoms with E-state index in [0.717, 1.165) is 0 Å². The van der Waals surface area contributed by atoms with E-state index >= 15 is 0 Å². The number of hydrogen-bond donors (Lipinski definition) is 0. The van der Waals surface area contributed by atoms with Crippen LogP contribution in [0.1, 0.15) is 25.0 Å². The Morgan fingerprint density at radius 3 is 2.23 bits per heavy atom. The second-order valence-electron chi connectivity index (χ2n) is 8.79. The van der Waals surface area contributed by atoms with Crippen LogP contribution in [0.3, 0.4) is 0 Å². The smallest absolute Gasteiger partial charge is 0.117 e. The van der Waals surface area contributed by atoms with Crippen molar-refractivity contribution in [3.8, 4) is 11.1 Å². The van der Waals surface area contributed by atoms with Crippen molar-refractivity contribution in [2.24, 2.45) is 0 Å². The van der Waals surface area contributed by atoms with Gasteiger partial charge in [0.25, 0.3) is 0 Å². The van der Waals surface area contributed by atoms with Gasteiger partial charge in [0.1, 0.15) is 8.07 Å². The zero-order valence-corrected chi connectivity index (χ0v) is 17.2. The van der Waals surface area contributed by atoms with Crippen molar-refractivity contribution >= 4 is 29.8 Å². The van der Waals surface area contributed by atoms with E-state index in [1.165, 1.54) is 33.6 Å². The average Bonchev–Trinajstić information content (AvgIpc) is 2.87. The van der Waals surface area contributed by atoms with Crippen LogP contribution in [0.2, 0.25) is 13.1 Å². The zero-order valence-electron chi connectivity index (χ0n) is 16.2. The predicted octanol–water partition coefficient (Wildman–Crippen LogP) is 4.90. The first-order valence-corrected chi connectivity index (χ1v) is 12.5. The number of hydrogen-bond acceptors (Lipinski definition) is 1. The SMILES string of the molecule is CN1c2ccccc2[Si](C)(C)c2cc3c(cc21)-c1ccccc1C3(C)C. The number of fused-ring (bicyclic) bond motifs is 5. The van der Waals surface area contributed by atoms with E-state index in [0.29, 0.717) is 0 Å². The van der Waals surface area contributed by atoms with Crippen LogP contribution >= 0.6 is 0 Å². The number of rotatable bonds is 0. The minimum absolute atomic E-state index is 0.0704. The van der Waals surface area contributed by atoms with E-state index in [1.54, 1.807) is 10.4 Å². The predicted molar refractivity (Wildman–Crippen MR) is 115 cm³/mol. The van der Waals surface area contributed by atoms with Crippen LogP contribution in [0.25, 0.3) is 11.1 Å². The van der Waals surface area contributed by atoms with Gasteiger partial charge in [-0.1, -0.05) is 75.5 Å². The van der Waals surface area contributed by atoms with Crippen LogP contribution in [-0.2, 0) is 5.41 Å². The highest BCUT2D eigenvalue weighted by atomic mass is 28.3. The molecule has 0 saturated heterocycles. The summed E-state index contributed by atoms with van der Waals surface area (Å²) in [5.41, 5.74) is 8.61. The summed E-state index contributed by atoms with van der Waals surface area (Å²) in [5, 5.41) is 3.11.